The number of anilines is 1. The average molecular weight is 289 g/mol. The number of likely N-dealkylation sites (tertiary alicyclic amines) is 1. The molecule has 1 fully saturated rings. The SMILES string of the molecule is Cc1nc(C)n(C2CN(C(=O)Nc3ccccc3F)C2)n1. The number of amides is 2. The van der Waals surface area contributed by atoms with Gasteiger partial charge < -0.3 is 10.2 Å². The summed E-state index contributed by atoms with van der Waals surface area (Å²) >= 11 is 0. The van der Waals surface area contributed by atoms with E-state index >= 15 is 0 Å². The second kappa shape index (κ2) is 5.16. The molecule has 1 saturated heterocycles. The van der Waals surface area contributed by atoms with E-state index < -0.39 is 5.82 Å². The zero-order chi connectivity index (χ0) is 15.0. The molecule has 0 atom stereocenters. The number of hydrogen-bond acceptors (Lipinski definition) is 3. The van der Waals surface area contributed by atoms with Gasteiger partial charge in [0, 0.05) is 13.1 Å². The molecule has 3 rings (SSSR count). The first kappa shape index (κ1) is 13.5. The topological polar surface area (TPSA) is 63.1 Å². The lowest BCUT2D eigenvalue weighted by Crippen LogP contribution is -2.52. The Kier molecular flexibility index (Phi) is 3.32. The van der Waals surface area contributed by atoms with Crippen molar-refractivity contribution in [3.63, 3.8) is 0 Å². The number of nitrogens with one attached hydrogen (secondary N) is 1. The van der Waals surface area contributed by atoms with Gasteiger partial charge in [-0.05, 0) is 26.0 Å². The summed E-state index contributed by atoms with van der Waals surface area (Å²) in [6, 6.07) is 5.95. The Labute approximate surface area is 121 Å². The standard InChI is InChI=1S/C14H16FN5O/c1-9-16-10(2)20(18-9)11-7-19(8-11)14(21)17-13-6-4-3-5-12(13)15/h3-6,11H,7-8H2,1-2H3,(H,17,21). The van der Waals surface area contributed by atoms with E-state index in [9.17, 15) is 9.18 Å². The fraction of sp³-hybridized carbons (Fsp3) is 0.357. The van der Waals surface area contributed by atoms with Crippen LogP contribution in [0.25, 0.3) is 0 Å². The quantitative estimate of drug-likeness (QED) is 0.921. The van der Waals surface area contributed by atoms with Crippen molar-refractivity contribution in [2.75, 3.05) is 18.4 Å². The van der Waals surface area contributed by atoms with Gasteiger partial charge in [0.15, 0.2) is 0 Å². The zero-order valence-electron chi connectivity index (χ0n) is 11.9. The molecule has 1 aromatic carbocycles. The number of aryl methyl sites for hydroxylation is 2. The molecular weight excluding hydrogens is 273 g/mol. The van der Waals surface area contributed by atoms with Gasteiger partial charge in [0.2, 0.25) is 0 Å². The highest BCUT2D eigenvalue weighted by Gasteiger charge is 2.33. The Morgan fingerprint density at radius 1 is 1.33 bits per heavy atom. The number of nitrogens with zero attached hydrogens (tertiary/aromatic N) is 4. The van der Waals surface area contributed by atoms with Crippen molar-refractivity contribution in [3.05, 3.63) is 41.7 Å². The van der Waals surface area contributed by atoms with Crippen molar-refractivity contribution in [3.8, 4) is 0 Å². The molecule has 2 amide bonds. The fourth-order valence-corrected chi connectivity index (χ4v) is 2.41. The van der Waals surface area contributed by atoms with Crippen LogP contribution in [-0.4, -0.2) is 38.8 Å². The second-order valence-corrected chi connectivity index (χ2v) is 5.12. The summed E-state index contributed by atoms with van der Waals surface area (Å²) in [7, 11) is 0. The molecular formula is C14H16FN5O. The van der Waals surface area contributed by atoms with Crippen molar-refractivity contribution in [2.45, 2.75) is 19.9 Å². The first-order valence-electron chi connectivity index (χ1n) is 6.75. The van der Waals surface area contributed by atoms with Gasteiger partial charge in [0.05, 0.1) is 11.7 Å². The molecule has 0 unspecified atom stereocenters. The monoisotopic (exact) mass is 289 g/mol. The lowest BCUT2D eigenvalue weighted by atomic mass is 10.1. The van der Waals surface area contributed by atoms with Gasteiger partial charge in [-0.25, -0.2) is 18.9 Å². The third-order valence-corrected chi connectivity index (χ3v) is 3.52. The maximum Gasteiger partial charge on any atom is 0.322 e. The molecule has 110 valence electrons. The van der Waals surface area contributed by atoms with Crippen LogP contribution in [0.1, 0.15) is 17.7 Å². The van der Waals surface area contributed by atoms with E-state index in [1.54, 1.807) is 17.0 Å². The van der Waals surface area contributed by atoms with Crippen LogP contribution in [0, 0.1) is 19.7 Å². The predicted octanol–water partition coefficient (Wildman–Crippen LogP) is 2.12. The smallest absolute Gasteiger partial charge is 0.320 e. The molecule has 1 aromatic heterocycles. The maximum absolute atomic E-state index is 13.5. The Balaban J connectivity index is 1.60. The minimum atomic E-state index is -0.439. The number of rotatable bonds is 2. The summed E-state index contributed by atoms with van der Waals surface area (Å²) in [5.74, 6) is 1.12. The van der Waals surface area contributed by atoms with Gasteiger partial charge in [0.1, 0.15) is 17.5 Å². The largest absolute Gasteiger partial charge is 0.322 e. The second-order valence-electron chi connectivity index (χ2n) is 5.12. The van der Waals surface area contributed by atoms with E-state index in [1.165, 1.54) is 12.1 Å². The number of halogens is 1. The van der Waals surface area contributed by atoms with Crippen LogP contribution in [-0.2, 0) is 0 Å². The summed E-state index contributed by atoms with van der Waals surface area (Å²) < 4.78 is 15.3. The number of para-hydroxylation sites is 1. The number of carbonyl (C=O) groups is 1. The molecule has 2 aromatic rings. The van der Waals surface area contributed by atoms with Crippen LogP contribution in [0.3, 0.4) is 0 Å². The third-order valence-electron chi connectivity index (χ3n) is 3.52. The summed E-state index contributed by atoms with van der Waals surface area (Å²) in [4.78, 5) is 17.9. The molecule has 7 heteroatoms. The van der Waals surface area contributed by atoms with Gasteiger partial charge in [-0.2, -0.15) is 5.10 Å². The molecule has 1 aliphatic rings. The number of benzene rings is 1. The van der Waals surface area contributed by atoms with Crippen LogP contribution in [0.15, 0.2) is 24.3 Å². The van der Waals surface area contributed by atoms with E-state index in [2.05, 4.69) is 15.4 Å². The number of urea groups is 1. The van der Waals surface area contributed by atoms with Gasteiger partial charge >= 0.3 is 6.03 Å². The Morgan fingerprint density at radius 3 is 2.67 bits per heavy atom. The van der Waals surface area contributed by atoms with Crippen LogP contribution in [0.5, 0.6) is 0 Å². The van der Waals surface area contributed by atoms with Crippen molar-refractivity contribution in [2.24, 2.45) is 0 Å². The molecule has 2 heterocycles. The fourth-order valence-electron chi connectivity index (χ4n) is 2.41. The summed E-state index contributed by atoms with van der Waals surface area (Å²) in [6.45, 7) is 4.82. The van der Waals surface area contributed by atoms with E-state index in [0.717, 1.165) is 11.6 Å². The average Bonchev–Trinajstić information content (AvgIpc) is 2.70. The molecule has 6 nitrogen and oxygen atoms in total. The molecule has 0 radical (unpaired) electrons. The zero-order valence-corrected chi connectivity index (χ0v) is 11.9. The van der Waals surface area contributed by atoms with Crippen molar-refractivity contribution >= 4 is 11.7 Å². The summed E-state index contributed by atoms with van der Waals surface area (Å²) in [6.07, 6.45) is 0. The van der Waals surface area contributed by atoms with Gasteiger partial charge in [-0.1, -0.05) is 12.1 Å². The van der Waals surface area contributed by atoms with Crippen molar-refractivity contribution in [1.82, 2.24) is 19.7 Å². The Bertz CT molecular complexity index is 678. The number of aromatic nitrogens is 3. The molecule has 1 aliphatic heterocycles. The van der Waals surface area contributed by atoms with E-state index in [0.29, 0.717) is 13.1 Å². The molecule has 0 bridgehead atoms. The minimum absolute atomic E-state index is 0.137. The van der Waals surface area contributed by atoms with Crippen LogP contribution < -0.4 is 5.32 Å². The molecule has 0 spiro atoms. The van der Waals surface area contributed by atoms with Crippen molar-refractivity contribution in [1.29, 1.82) is 0 Å². The molecule has 1 N–H and O–H groups in total. The van der Waals surface area contributed by atoms with Crippen molar-refractivity contribution < 1.29 is 9.18 Å². The van der Waals surface area contributed by atoms with Crippen LogP contribution in [0.4, 0.5) is 14.9 Å². The highest BCUT2D eigenvalue weighted by molar-refractivity contribution is 5.90. The highest BCUT2D eigenvalue weighted by Crippen LogP contribution is 2.23. The Hall–Kier alpha value is -2.44. The third kappa shape index (κ3) is 2.58. The molecule has 0 saturated carbocycles. The first-order chi connectivity index (χ1) is 10.0. The van der Waals surface area contributed by atoms with Gasteiger partial charge in [0.25, 0.3) is 0 Å². The lowest BCUT2D eigenvalue weighted by molar-refractivity contribution is 0.126. The summed E-state index contributed by atoms with van der Waals surface area (Å²) in [5.41, 5.74) is 0.193. The first-order valence-corrected chi connectivity index (χ1v) is 6.75. The molecule has 21 heavy (non-hydrogen) atoms. The Morgan fingerprint density at radius 2 is 2.05 bits per heavy atom. The van der Waals surface area contributed by atoms with Gasteiger partial charge in [-0.15, -0.1) is 0 Å². The highest BCUT2D eigenvalue weighted by atomic mass is 19.1. The summed E-state index contributed by atoms with van der Waals surface area (Å²) in [5, 5.41) is 6.88. The lowest BCUT2D eigenvalue weighted by Gasteiger charge is -2.39. The van der Waals surface area contributed by atoms with Crippen LogP contribution >= 0.6 is 0 Å². The number of hydrogen-bond donors (Lipinski definition) is 1. The van der Waals surface area contributed by atoms with Gasteiger partial charge in [-0.3, -0.25) is 0 Å². The number of carbonyl (C=O) groups excluding carboxylic acids is 1. The normalized spacial score (nSPS) is 14.9. The van der Waals surface area contributed by atoms with Crippen LogP contribution in [0.2, 0.25) is 0 Å². The van der Waals surface area contributed by atoms with E-state index in [-0.39, 0.29) is 17.8 Å². The maximum atomic E-state index is 13.5. The predicted molar refractivity (Wildman–Crippen MR) is 75.5 cm³/mol. The van der Waals surface area contributed by atoms with E-state index in [4.69, 9.17) is 0 Å². The molecule has 0 aliphatic carbocycles. The van der Waals surface area contributed by atoms with E-state index in [1.807, 2.05) is 18.5 Å². The minimum Gasteiger partial charge on any atom is -0.320 e.